The van der Waals surface area contributed by atoms with E-state index in [1.165, 1.54) is 5.52 Å². The van der Waals surface area contributed by atoms with Crippen LogP contribution in [0.3, 0.4) is 0 Å². The zero-order chi connectivity index (χ0) is 22.6. The number of hydrogen-bond acceptors (Lipinski definition) is 6. The zero-order valence-electron chi connectivity index (χ0n) is 18.2. The number of thiophene rings is 1. The van der Waals surface area contributed by atoms with Crippen molar-refractivity contribution in [2.75, 3.05) is 38.2 Å². The second kappa shape index (κ2) is 10.0. The summed E-state index contributed by atoms with van der Waals surface area (Å²) in [4.78, 5) is 16.1. The number of carbonyl (C=O) groups excluding carboxylic acids is 1. The number of H-pyrrole nitrogens is 1. The Morgan fingerprint density at radius 3 is 2.88 bits per heavy atom. The van der Waals surface area contributed by atoms with Crippen LogP contribution in [0.1, 0.15) is 6.42 Å². The number of nitrogens with zero attached hydrogens (tertiary/aromatic N) is 4. The Balaban J connectivity index is 1.20. The van der Waals surface area contributed by atoms with E-state index >= 15 is 0 Å². The molecule has 172 valence electrons. The fourth-order valence-electron chi connectivity index (χ4n) is 4.10. The molecule has 0 bridgehead atoms. The number of aromatic amines is 1. The summed E-state index contributed by atoms with van der Waals surface area (Å²) in [6, 6.07) is 12.1. The summed E-state index contributed by atoms with van der Waals surface area (Å²) in [5, 5.41) is 13.3. The third-order valence-electron chi connectivity index (χ3n) is 5.88. The van der Waals surface area contributed by atoms with Gasteiger partial charge in [-0.25, -0.2) is 0 Å². The fraction of sp³-hybridized carbons (Fsp3) is 0.348. The number of hydrogen-bond donors (Lipinski definition) is 2. The van der Waals surface area contributed by atoms with Crippen molar-refractivity contribution < 1.29 is 9.53 Å². The minimum absolute atomic E-state index is 0.0543. The van der Waals surface area contributed by atoms with Crippen LogP contribution < -0.4 is 5.32 Å². The standard InChI is InChI=1S/C23H26N6O2S2/c30-21(6-8-29-22(25-26-23(29)32)20-2-1-15-33-20)24-18-3-4-19-17(16-18)5-7-28(19)10-9-27-11-13-31-14-12-27/h1-5,7,15-16H,6,8-14H2,(H,24,30)(H,26,32). The lowest BCUT2D eigenvalue weighted by molar-refractivity contribution is -0.116. The molecule has 2 N–H and O–H groups in total. The van der Waals surface area contributed by atoms with Crippen LogP contribution in [-0.4, -0.2) is 63.0 Å². The third kappa shape index (κ3) is 5.09. The van der Waals surface area contributed by atoms with Gasteiger partial charge in [0.2, 0.25) is 5.91 Å². The van der Waals surface area contributed by atoms with E-state index in [2.05, 4.69) is 43.3 Å². The van der Waals surface area contributed by atoms with Gasteiger partial charge < -0.3 is 14.6 Å². The quantitative estimate of drug-likeness (QED) is 0.371. The molecule has 0 spiro atoms. The Hall–Kier alpha value is -2.79. The maximum atomic E-state index is 12.6. The number of morpholine rings is 1. The SMILES string of the molecule is O=C(CCn1c(-c2cccs2)n[nH]c1=S)Nc1ccc2c(ccn2CCN2CCOCC2)c1. The maximum absolute atomic E-state index is 12.6. The van der Waals surface area contributed by atoms with Gasteiger partial charge in [-0.2, -0.15) is 5.10 Å². The summed E-state index contributed by atoms with van der Waals surface area (Å²) >= 11 is 6.95. The summed E-state index contributed by atoms with van der Waals surface area (Å²) in [6.45, 7) is 6.04. The van der Waals surface area contributed by atoms with Gasteiger partial charge in [0.1, 0.15) is 0 Å². The molecule has 8 nitrogen and oxygen atoms in total. The number of anilines is 1. The van der Waals surface area contributed by atoms with Gasteiger partial charge in [0.05, 0.1) is 18.1 Å². The second-order valence-electron chi connectivity index (χ2n) is 8.02. The van der Waals surface area contributed by atoms with Crippen molar-refractivity contribution in [2.24, 2.45) is 0 Å². The van der Waals surface area contributed by atoms with Crippen LogP contribution in [-0.2, 0) is 22.6 Å². The van der Waals surface area contributed by atoms with Crippen LogP contribution in [0.4, 0.5) is 5.69 Å². The van der Waals surface area contributed by atoms with Gasteiger partial charge in [-0.05, 0) is 47.9 Å². The molecule has 0 radical (unpaired) electrons. The Labute approximate surface area is 200 Å². The second-order valence-corrected chi connectivity index (χ2v) is 9.35. The van der Waals surface area contributed by atoms with Crippen LogP contribution in [0, 0.1) is 4.77 Å². The van der Waals surface area contributed by atoms with Crippen LogP contribution >= 0.6 is 23.6 Å². The van der Waals surface area contributed by atoms with Crippen molar-refractivity contribution in [3.8, 4) is 10.7 Å². The van der Waals surface area contributed by atoms with Crippen LogP contribution in [0.25, 0.3) is 21.6 Å². The largest absolute Gasteiger partial charge is 0.379 e. The molecule has 4 heterocycles. The topological polar surface area (TPSA) is 80.1 Å². The molecule has 1 saturated heterocycles. The molecule has 4 aromatic rings. The predicted molar refractivity (Wildman–Crippen MR) is 133 cm³/mol. The number of carbonyl (C=O) groups is 1. The lowest BCUT2D eigenvalue weighted by Gasteiger charge is -2.26. The van der Waals surface area contributed by atoms with Crippen molar-refractivity contribution in [2.45, 2.75) is 19.5 Å². The van der Waals surface area contributed by atoms with Crippen molar-refractivity contribution in [1.29, 1.82) is 0 Å². The minimum Gasteiger partial charge on any atom is -0.379 e. The number of aromatic nitrogens is 4. The lowest BCUT2D eigenvalue weighted by Crippen LogP contribution is -2.38. The number of ether oxygens (including phenoxy) is 1. The van der Waals surface area contributed by atoms with Crippen molar-refractivity contribution >= 4 is 46.1 Å². The molecule has 1 aromatic carbocycles. The average Bonchev–Trinajstić information content (AvgIpc) is 3.57. The van der Waals surface area contributed by atoms with E-state index in [4.69, 9.17) is 17.0 Å². The number of amides is 1. The number of fused-ring (bicyclic) bond motifs is 1. The molecule has 1 amide bonds. The van der Waals surface area contributed by atoms with Gasteiger partial charge in [0, 0.05) is 61.9 Å². The maximum Gasteiger partial charge on any atom is 0.226 e. The van der Waals surface area contributed by atoms with Gasteiger partial charge in [0.15, 0.2) is 10.6 Å². The highest BCUT2D eigenvalue weighted by molar-refractivity contribution is 7.71. The van der Waals surface area contributed by atoms with Gasteiger partial charge >= 0.3 is 0 Å². The molecular formula is C23H26N6O2S2. The molecule has 5 rings (SSSR count). The molecule has 0 aliphatic carbocycles. The highest BCUT2D eigenvalue weighted by Crippen LogP contribution is 2.24. The van der Waals surface area contributed by atoms with Crippen molar-refractivity contribution in [1.82, 2.24) is 24.2 Å². The smallest absolute Gasteiger partial charge is 0.226 e. The molecule has 1 fully saturated rings. The molecule has 0 unspecified atom stereocenters. The van der Waals surface area contributed by atoms with Crippen LogP contribution in [0.5, 0.6) is 0 Å². The Bertz CT molecular complexity index is 1280. The van der Waals surface area contributed by atoms with E-state index in [1.807, 2.05) is 34.2 Å². The Morgan fingerprint density at radius 1 is 1.18 bits per heavy atom. The van der Waals surface area contributed by atoms with Crippen molar-refractivity contribution in [3.05, 3.63) is 52.7 Å². The summed E-state index contributed by atoms with van der Waals surface area (Å²) in [6.07, 6.45) is 2.42. The highest BCUT2D eigenvalue weighted by atomic mass is 32.1. The summed E-state index contributed by atoms with van der Waals surface area (Å²) in [5.41, 5.74) is 1.97. The first-order chi connectivity index (χ1) is 16.2. The van der Waals surface area contributed by atoms with Gasteiger partial charge in [-0.3, -0.25) is 19.4 Å². The first-order valence-electron chi connectivity index (χ1n) is 11.1. The third-order valence-corrected chi connectivity index (χ3v) is 7.06. The molecule has 3 aromatic heterocycles. The average molecular weight is 483 g/mol. The van der Waals surface area contributed by atoms with E-state index in [-0.39, 0.29) is 5.91 Å². The molecule has 33 heavy (non-hydrogen) atoms. The van der Waals surface area contributed by atoms with Gasteiger partial charge in [-0.15, -0.1) is 11.3 Å². The van der Waals surface area contributed by atoms with Gasteiger partial charge in [-0.1, -0.05) is 6.07 Å². The normalized spacial score (nSPS) is 14.7. The van der Waals surface area contributed by atoms with E-state index in [0.29, 0.717) is 17.7 Å². The summed E-state index contributed by atoms with van der Waals surface area (Å²) in [7, 11) is 0. The molecule has 0 atom stereocenters. The van der Waals surface area contributed by atoms with E-state index < -0.39 is 0 Å². The molecule has 10 heteroatoms. The van der Waals surface area contributed by atoms with Crippen LogP contribution in [0.15, 0.2) is 48.0 Å². The molecule has 1 aliphatic heterocycles. The monoisotopic (exact) mass is 482 g/mol. The van der Waals surface area contributed by atoms with E-state index in [1.54, 1.807) is 11.3 Å². The van der Waals surface area contributed by atoms with Crippen LogP contribution in [0.2, 0.25) is 0 Å². The predicted octanol–water partition coefficient (Wildman–Crippen LogP) is 3.98. The fourth-order valence-corrected chi connectivity index (χ4v) is 5.05. The highest BCUT2D eigenvalue weighted by Gasteiger charge is 2.13. The number of benzene rings is 1. The first kappa shape index (κ1) is 22.0. The first-order valence-corrected chi connectivity index (χ1v) is 12.3. The van der Waals surface area contributed by atoms with E-state index in [0.717, 1.165) is 61.2 Å². The number of nitrogens with one attached hydrogen (secondary N) is 2. The molecule has 0 saturated carbocycles. The summed E-state index contributed by atoms with van der Waals surface area (Å²) < 4.78 is 10.1. The zero-order valence-corrected chi connectivity index (χ0v) is 19.8. The molecular weight excluding hydrogens is 456 g/mol. The van der Waals surface area contributed by atoms with Crippen molar-refractivity contribution in [3.63, 3.8) is 0 Å². The Kier molecular flexibility index (Phi) is 6.68. The lowest BCUT2D eigenvalue weighted by atomic mass is 10.2. The van der Waals surface area contributed by atoms with E-state index in [9.17, 15) is 4.79 Å². The number of rotatable bonds is 8. The molecule has 1 aliphatic rings. The Morgan fingerprint density at radius 2 is 2.06 bits per heavy atom. The summed E-state index contributed by atoms with van der Waals surface area (Å²) in [5.74, 6) is 0.712. The van der Waals surface area contributed by atoms with Gasteiger partial charge in [0.25, 0.3) is 0 Å². The minimum atomic E-state index is -0.0543.